The summed E-state index contributed by atoms with van der Waals surface area (Å²) in [6.45, 7) is 0. The molecule has 2 aromatic rings. The first-order valence-corrected chi connectivity index (χ1v) is 5.08. The lowest BCUT2D eigenvalue weighted by atomic mass is 10.1. The van der Waals surface area contributed by atoms with Gasteiger partial charge in [-0.25, -0.2) is 0 Å². The van der Waals surface area contributed by atoms with E-state index in [1.807, 2.05) is 13.1 Å². The van der Waals surface area contributed by atoms with E-state index in [4.69, 9.17) is 28.9 Å². The number of anilines is 1. The first kappa shape index (κ1) is 10.3. The zero-order valence-corrected chi connectivity index (χ0v) is 9.55. The second kappa shape index (κ2) is 3.76. The number of aromatic nitrogens is 2. The Morgan fingerprint density at radius 2 is 2.07 bits per heavy atom. The molecule has 1 aromatic heterocycles. The number of aryl methyl sites for hydroxylation is 1. The maximum absolute atomic E-state index is 6.06. The van der Waals surface area contributed by atoms with Gasteiger partial charge in [0.2, 0.25) is 0 Å². The van der Waals surface area contributed by atoms with Crippen molar-refractivity contribution in [2.24, 2.45) is 7.05 Å². The van der Waals surface area contributed by atoms with Crippen molar-refractivity contribution >= 4 is 28.9 Å². The highest BCUT2D eigenvalue weighted by molar-refractivity contribution is 6.36. The van der Waals surface area contributed by atoms with Crippen LogP contribution >= 0.6 is 23.2 Å². The number of nitrogens with zero attached hydrogens (tertiary/aromatic N) is 2. The third kappa shape index (κ3) is 1.94. The molecule has 1 heterocycles. The Bertz CT molecular complexity index is 505. The predicted octanol–water partition coefficient (Wildman–Crippen LogP) is 2.98. The predicted molar refractivity (Wildman–Crippen MR) is 63.1 cm³/mol. The molecule has 0 amide bonds. The fraction of sp³-hybridized carbons (Fsp3) is 0.100. The third-order valence-corrected chi connectivity index (χ3v) is 2.59. The minimum absolute atomic E-state index is 0.549. The molecule has 2 N–H and O–H groups in total. The van der Waals surface area contributed by atoms with Gasteiger partial charge in [-0.2, -0.15) is 5.10 Å². The molecule has 0 fully saturated rings. The fourth-order valence-electron chi connectivity index (χ4n) is 1.40. The second-order valence-corrected chi connectivity index (χ2v) is 4.07. The lowest BCUT2D eigenvalue weighted by Gasteiger charge is -2.02. The number of hydrogen-bond acceptors (Lipinski definition) is 2. The second-order valence-electron chi connectivity index (χ2n) is 3.23. The minimum Gasteiger partial charge on any atom is -0.396 e. The summed E-state index contributed by atoms with van der Waals surface area (Å²) >= 11 is 11.9. The highest BCUT2D eigenvalue weighted by Gasteiger charge is 2.10. The molecule has 0 aliphatic carbocycles. The Morgan fingerprint density at radius 1 is 1.33 bits per heavy atom. The van der Waals surface area contributed by atoms with E-state index in [-0.39, 0.29) is 0 Å². The van der Waals surface area contributed by atoms with Crippen LogP contribution in [0.25, 0.3) is 11.3 Å². The van der Waals surface area contributed by atoms with Gasteiger partial charge < -0.3 is 5.73 Å². The monoisotopic (exact) mass is 241 g/mol. The Hall–Kier alpha value is -1.19. The zero-order valence-electron chi connectivity index (χ0n) is 8.04. The Morgan fingerprint density at radius 3 is 2.60 bits per heavy atom. The molecule has 0 bridgehead atoms. The van der Waals surface area contributed by atoms with Crippen LogP contribution in [0.3, 0.4) is 0 Å². The highest BCUT2D eigenvalue weighted by atomic mass is 35.5. The average molecular weight is 242 g/mol. The Balaban J connectivity index is 2.59. The van der Waals surface area contributed by atoms with Crippen molar-refractivity contribution in [3.05, 3.63) is 34.4 Å². The smallest absolute Gasteiger partial charge is 0.117 e. The van der Waals surface area contributed by atoms with E-state index >= 15 is 0 Å². The molecular weight excluding hydrogens is 233 g/mol. The Labute approximate surface area is 97.4 Å². The molecule has 0 aliphatic rings. The average Bonchev–Trinajstić information content (AvgIpc) is 2.45. The van der Waals surface area contributed by atoms with Crippen LogP contribution in [-0.2, 0) is 7.05 Å². The largest absolute Gasteiger partial charge is 0.396 e. The number of benzene rings is 1. The summed E-state index contributed by atoms with van der Waals surface area (Å²) in [6, 6.07) is 5.24. The van der Waals surface area contributed by atoms with Crippen LogP contribution in [0, 0.1) is 0 Å². The van der Waals surface area contributed by atoms with Crippen molar-refractivity contribution in [1.82, 2.24) is 9.78 Å². The molecule has 78 valence electrons. The van der Waals surface area contributed by atoms with Gasteiger partial charge in [0.15, 0.2) is 0 Å². The van der Waals surface area contributed by atoms with Crippen molar-refractivity contribution in [1.29, 1.82) is 0 Å². The Kier molecular flexibility index (Phi) is 2.59. The van der Waals surface area contributed by atoms with E-state index in [9.17, 15) is 0 Å². The molecule has 3 nitrogen and oxygen atoms in total. The summed E-state index contributed by atoms with van der Waals surface area (Å²) in [5.41, 5.74) is 7.87. The van der Waals surface area contributed by atoms with E-state index < -0.39 is 0 Å². The third-order valence-electron chi connectivity index (χ3n) is 2.04. The molecule has 0 spiro atoms. The van der Waals surface area contributed by atoms with Gasteiger partial charge in [0, 0.05) is 23.8 Å². The minimum atomic E-state index is 0.549. The molecular formula is C10H9Cl2N3. The topological polar surface area (TPSA) is 43.8 Å². The number of hydrogen-bond donors (Lipinski definition) is 1. The van der Waals surface area contributed by atoms with Crippen molar-refractivity contribution in [3.63, 3.8) is 0 Å². The van der Waals surface area contributed by atoms with Gasteiger partial charge in [0.05, 0.1) is 10.7 Å². The summed E-state index contributed by atoms with van der Waals surface area (Å²) in [5, 5.41) is 5.38. The van der Waals surface area contributed by atoms with Crippen LogP contribution in [0.1, 0.15) is 0 Å². The maximum atomic E-state index is 6.06. The molecule has 1 aromatic carbocycles. The van der Waals surface area contributed by atoms with Gasteiger partial charge >= 0.3 is 0 Å². The molecule has 0 radical (unpaired) electrons. The standard InChI is InChI=1S/C10H9Cl2N3/c1-15-5-9(13)10(14-15)7-3-2-6(11)4-8(7)12/h2-5H,13H2,1H3. The van der Waals surface area contributed by atoms with Gasteiger partial charge in [-0.05, 0) is 18.2 Å². The SMILES string of the molecule is Cn1cc(N)c(-c2ccc(Cl)cc2Cl)n1. The van der Waals surface area contributed by atoms with Crippen molar-refractivity contribution in [2.75, 3.05) is 5.73 Å². The van der Waals surface area contributed by atoms with E-state index in [0.717, 1.165) is 5.56 Å². The fourth-order valence-corrected chi connectivity index (χ4v) is 1.90. The van der Waals surface area contributed by atoms with Gasteiger partial charge in [0.25, 0.3) is 0 Å². The van der Waals surface area contributed by atoms with Crippen LogP contribution in [0.2, 0.25) is 10.0 Å². The van der Waals surface area contributed by atoms with Gasteiger partial charge in [-0.15, -0.1) is 0 Å². The van der Waals surface area contributed by atoms with Crippen LogP contribution in [-0.4, -0.2) is 9.78 Å². The maximum Gasteiger partial charge on any atom is 0.117 e. The number of nitrogen functional groups attached to an aromatic ring is 1. The number of halogens is 2. The van der Waals surface area contributed by atoms with Crippen LogP contribution in [0.15, 0.2) is 24.4 Å². The summed E-state index contributed by atoms with van der Waals surface area (Å²) < 4.78 is 1.65. The molecule has 15 heavy (non-hydrogen) atoms. The van der Waals surface area contributed by atoms with Crippen LogP contribution in [0.4, 0.5) is 5.69 Å². The van der Waals surface area contributed by atoms with Crippen molar-refractivity contribution < 1.29 is 0 Å². The molecule has 0 saturated carbocycles. The zero-order chi connectivity index (χ0) is 11.0. The molecule has 5 heteroatoms. The quantitative estimate of drug-likeness (QED) is 0.835. The summed E-state index contributed by atoms with van der Waals surface area (Å²) in [6.07, 6.45) is 1.74. The summed E-state index contributed by atoms with van der Waals surface area (Å²) in [7, 11) is 1.81. The van der Waals surface area contributed by atoms with E-state index in [0.29, 0.717) is 21.4 Å². The van der Waals surface area contributed by atoms with Gasteiger partial charge in [0.1, 0.15) is 5.69 Å². The van der Waals surface area contributed by atoms with Crippen molar-refractivity contribution in [3.8, 4) is 11.3 Å². The van der Waals surface area contributed by atoms with Gasteiger partial charge in [-0.3, -0.25) is 4.68 Å². The van der Waals surface area contributed by atoms with Crippen molar-refractivity contribution in [2.45, 2.75) is 0 Å². The number of rotatable bonds is 1. The molecule has 0 unspecified atom stereocenters. The van der Waals surface area contributed by atoms with E-state index in [2.05, 4.69) is 5.10 Å². The molecule has 2 rings (SSSR count). The summed E-state index contributed by atoms with van der Waals surface area (Å²) in [4.78, 5) is 0. The van der Waals surface area contributed by atoms with E-state index in [1.54, 1.807) is 23.0 Å². The summed E-state index contributed by atoms with van der Waals surface area (Å²) in [5.74, 6) is 0. The molecule has 0 aliphatic heterocycles. The number of nitrogens with two attached hydrogens (primary N) is 1. The highest BCUT2D eigenvalue weighted by Crippen LogP contribution is 2.32. The molecule has 0 atom stereocenters. The van der Waals surface area contributed by atoms with Crippen LogP contribution in [0.5, 0.6) is 0 Å². The van der Waals surface area contributed by atoms with Crippen LogP contribution < -0.4 is 5.73 Å². The first-order valence-electron chi connectivity index (χ1n) is 4.32. The first-order chi connectivity index (χ1) is 7.08. The van der Waals surface area contributed by atoms with Gasteiger partial charge in [-0.1, -0.05) is 23.2 Å². The lowest BCUT2D eigenvalue weighted by Crippen LogP contribution is -1.89. The molecule has 0 saturated heterocycles. The van der Waals surface area contributed by atoms with E-state index in [1.165, 1.54) is 0 Å². The lowest BCUT2D eigenvalue weighted by molar-refractivity contribution is 0.771. The normalized spacial score (nSPS) is 10.6.